The average molecular weight is 660 g/mol. The predicted octanol–water partition coefficient (Wildman–Crippen LogP) is 8.24. The average Bonchev–Trinajstić information content (AvgIpc) is 3.61. The van der Waals surface area contributed by atoms with Gasteiger partial charge >= 0.3 is 5.97 Å². The normalized spacial score (nSPS) is 18.9. The number of aromatic nitrogens is 3. The minimum Gasteiger partial charge on any atom is -0.458 e. The number of ether oxygens (including phenoxy) is 1. The Hall–Kier alpha value is -3.10. The Bertz CT molecular complexity index is 1690. The summed E-state index contributed by atoms with van der Waals surface area (Å²) in [5, 5.41) is 4.96. The van der Waals surface area contributed by atoms with Gasteiger partial charge in [-0.05, 0) is 49.6 Å². The van der Waals surface area contributed by atoms with Crippen LogP contribution in [0, 0.1) is 5.82 Å². The maximum Gasteiger partial charge on any atom is 0.344 e. The summed E-state index contributed by atoms with van der Waals surface area (Å²) < 4.78 is 29.0. The second-order valence-corrected chi connectivity index (χ2v) is 12.1. The van der Waals surface area contributed by atoms with Gasteiger partial charge in [-0.25, -0.2) is 14.2 Å². The van der Waals surface area contributed by atoms with Crippen LogP contribution in [0.3, 0.4) is 0 Å². The van der Waals surface area contributed by atoms with Crippen molar-refractivity contribution in [2.24, 2.45) is 7.05 Å². The number of imidazole rings is 1. The van der Waals surface area contributed by atoms with E-state index in [-0.39, 0.29) is 23.6 Å². The Balaban J connectivity index is 1.28. The molecule has 0 radical (unpaired) electrons. The van der Waals surface area contributed by atoms with Gasteiger partial charge in [0.1, 0.15) is 22.9 Å². The molecule has 2 fully saturated rings. The van der Waals surface area contributed by atoms with E-state index in [9.17, 15) is 9.18 Å². The molecule has 41 heavy (non-hydrogen) atoms. The molecule has 11 heteroatoms. The van der Waals surface area contributed by atoms with Crippen LogP contribution in [0.15, 0.2) is 57.7 Å². The van der Waals surface area contributed by atoms with Crippen LogP contribution in [0.1, 0.15) is 54.1 Å². The second kappa shape index (κ2) is 11.3. The predicted molar refractivity (Wildman–Crippen MR) is 160 cm³/mol. The third-order valence-corrected chi connectivity index (χ3v) is 8.77. The molecule has 3 heterocycles. The lowest BCUT2D eigenvalue weighted by Crippen LogP contribution is -2.46. The molecule has 7 nitrogen and oxygen atoms in total. The number of hydrogen-bond acceptors (Lipinski definition) is 6. The highest BCUT2D eigenvalue weighted by Gasteiger charge is 2.39. The molecule has 6 rings (SSSR count). The van der Waals surface area contributed by atoms with Crippen molar-refractivity contribution in [2.75, 3.05) is 11.4 Å². The molecule has 2 aliphatic rings. The number of piperidine rings is 1. The first-order chi connectivity index (χ1) is 19.8. The first-order valence-corrected chi connectivity index (χ1v) is 14.9. The Morgan fingerprint density at radius 1 is 1.29 bits per heavy atom. The van der Waals surface area contributed by atoms with Gasteiger partial charge in [-0.15, -0.1) is 5.73 Å². The second-order valence-electron chi connectivity index (χ2n) is 10.4. The van der Waals surface area contributed by atoms with Crippen LogP contribution in [-0.2, 0) is 11.8 Å². The zero-order valence-corrected chi connectivity index (χ0v) is 25.3. The number of aryl methyl sites for hydroxylation is 1. The largest absolute Gasteiger partial charge is 0.458 e. The van der Waals surface area contributed by atoms with Gasteiger partial charge < -0.3 is 18.7 Å². The van der Waals surface area contributed by atoms with Gasteiger partial charge in [0.2, 0.25) is 5.95 Å². The van der Waals surface area contributed by atoms with E-state index in [0.717, 1.165) is 12.8 Å². The van der Waals surface area contributed by atoms with Gasteiger partial charge in [-0.2, -0.15) is 0 Å². The van der Waals surface area contributed by atoms with Crippen molar-refractivity contribution in [1.82, 2.24) is 14.7 Å². The Kier molecular flexibility index (Phi) is 7.72. The van der Waals surface area contributed by atoms with Crippen molar-refractivity contribution in [1.29, 1.82) is 0 Å². The van der Waals surface area contributed by atoms with E-state index in [4.69, 9.17) is 32.5 Å². The van der Waals surface area contributed by atoms with Gasteiger partial charge in [0.15, 0.2) is 11.6 Å². The van der Waals surface area contributed by atoms with Crippen LogP contribution in [0.2, 0.25) is 10.0 Å². The summed E-state index contributed by atoms with van der Waals surface area (Å²) in [6.45, 7) is 4.25. The molecule has 1 aliphatic carbocycles. The lowest BCUT2D eigenvalue weighted by atomic mass is 9.96. The lowest BCUT2D eigenvalue weighted by Gasteiger charge is -2.39. The highest BCUT2D eigenvalue weighted by molar-refractivity contribution is 9.10. The third-order valence-electron chi connectivity index (χ3n) is 7.68. The monoisotopic (exact) mass is 658 g/mol. The van der Waals surface area contributed by atoms with Crippen LogP contribution >= 0.6 is 39.1 Å². The molecule has 0 amide bonds. The Morgan fingerprint density at radius 3 is 2.76 bits per heavy atom. The van der Waals surface area contributed by atoms with Crippen molar-refractivity contribution in [3.8, 4) is 11.3 Å². The van der Waals surface area contributed by atoms with Crippen molar-refractivity contribution in [3.63, 3.8) is 0 Å². The number of benzene rings is 2. The summed E-state index contributed by atoms with van der Waals surface area (Å²) in [6.07, 6.45) is 4.99. The first-order valence-electron chi connectivity index (χ1n) is 13.3. The topological polar surface area (TPSA) is 73.4 Å². The maximum absolute atomic E-state index is 14.7. The highest BCUT2D eigenvalue weighted by atomic mass is 79.9. The van der Waals surface area contributed by atoms with Crippen LogP contribution in [-0.4, -0.2) is 39.4 Å². The highest BCUT2D eigenvalue weighted by Crippen LogP contribution is 2.46. The van der Waals surface area contributed by atoms with E-state index in [1.807, 2.05) is 23.8 Å². The quantitative estimate of drug-likeness (QED) is 0.147. The molecule has 0 N–H and O–H groups in total. The molecular formula is C30H26BrCl2FN4O3. The third kappa shape index (κ3) is 5.32. The number of halogens is 4. The summed E-state index contributed by atoms with van der Waals surface area (Å²) in [6, 6.07) is 8.30. The molecule has 0 spiro atoms. The molecule has 2 aromatic heterocycles. The fourth-order valence-corrected chi connectivity index (χ4v) is 6.51. The van der Waals surface area contributed by atoms with Crippen molar-refractivity contribution in [2.45, 2.75) is 50.2 Å². The van der Waals surface area contributed by atoms with Crippen molar-refractivity contribution < 1.29 is 18.4 Å². The van der Waals surface area contributed by atoms with Gasteiger partial charge in [0, 0.05) is 48.4 Å². The Labute approximate surface area is 254 Å². The van der Waals surface area contributed by atoms with E-state index in [1.165, 1.54) is 6.07 Å². The van der Waals surface area contributed by atoms with Gasteiger partial charge in [0.25, 0.3) is 0 Å². The summed E-state index contributed by atoms with van der Waals surface area (Å²) in [4.78, 5) is 20.5. The number of anilines is 1. The number of hydrogen-bond donors (Lipinski definition) is 0. The number of carbonyl (C=O) groups excluding carboxylic acids is 1. The van der Waals surface area contributed by atoms with Crippen LogP contribution in [0.5, 0.6) is 0 Å². The molecule has 2 atom stereocenters. The summed E-state index contributed by atoms with van der Waals surface area (Å²) in [5.74, 6) is 0.375. The molecule has 1 saturated heterocycles. The molecule has 212 valence electrons. The zero-order valence-electron chi connectivity index (χ0n) is 22.2. The number of carbonyl (C=O) groups is 1. The van der Waals surface area contributed by atoms with Crippen LogP contribution < -0.4 is 4.90 Å². The zero-order chi connectivity index (χ0) is 28.8. The fraction of sp³-hybridized carbons (Fsp3) is 0.333. The minimum absolute atomic E-state index is 0.0827. The van der Waals surface area contributed by atoms with Gasteiger partial charge in [-0.1, -0.05) is 56.9 Å². The minimum atomic E-state index is -0.509. The van der Waals surface area contributed by atoms with Crippen LogP contribution in [0.4, 0.5) is 10.3 Å². The molecule has 0 unspecified atom stereocenters. The molecule has 0 bridgehead atoms. The number of esters is 1. The fourth-order valence-electron chi connectivity index (χ4n) is 5.51. The van der Waals surface area contributed by atoms with E-state index in [1.54, 1.807) is 18.2 Å². The van der Waals surface area contributed by atoms with Gasteiger partial charge in [0.05, 0.1) is 15.6 Å². The van der Waals surface area contributed by atoms with E-state index < -0.39 is 11.8 Å². The summed E-state index contributed by atoms with van der Waals surface area (Å²) >= 11 is 16.3. The first kappa shape index (κ1) is 28.0. The standard InChI is InChI=1S/C30H26BrCl2FN4O3/c1-3-4-6-18-15-19(11-12-38(18)30-35-26-22(34)13-17(31)14-23(26)37(30)2)40-29(39)25-27(36-41-28(25)16-9-10-16)24-20(32)7-5-8-21(24)33/h4-5,7-8,13-14,16,18-19H,1,6,9-12,15H2,2H3/t18-,19-/m1/s1. The van der Waals surface area contributed by atoms with Crippen molar-refractivity contribution >= 4 is 62.1 Å². The maximum atomic E-state index is 14.7. The molecular weight excluding hydrogens is 634 g/mol. The number of rotatable bonds is 7. The van der Waals surface area contributed by atoms with E-state index in [0.29, 0.717) is 74.3 Å². The summed E-state index contributed by atoms with van der Waals surface area (Å²) in [5.41, 5.74) is 4.85. The van der Waals surface area contributed by atoms with Crippen LogP contribution in [0.25, 0.3) is 22.3 Å². The molecule has 4 aromatic rings. The molecule has 1 saturated carbocycles. The number of nitrogens with zero attached hydrogens (tertiary/aromatic N) is 4. The van der Waals surface area contributed by atoms with Crippen molar-refractivity contribution in [3.05, 3.63) is 80.4 Å². The number of fused-ring (bicyclic) bond motifs is 1. The molecule has 2 aromatic carbocycles. The smallest absolute Gasteiger partial charge is 0.344 e. The van der Waals surface area contributed by atoms with Gasteiger partial charge in [-0.3, -0.25) is 0 Å². The Morgan fingerprint density at radius 2 is 2.05 bits per heavy atom. The summed E-state index contributed by atoms with van der Waals surface area (Å²) in [7, 11) is 1.87. The lowest BCUT2D eigenvalue weighted by molar-refractivity contribution is 0.0208. The molecule has 1 aliphatic heterocycles. The SMILES string of the molecule is C=C=CC[C@@H]1C[C@H](OC(=O)c2c(-c3c(Cl)cccc3Cl)noc2C2CC2)CCN1c1nc2c(F)cc(Br)cc2n1C. The van der Waals surface area contributed by atoms with E-state index in [2.05, 4.69) is 43.3 Å². The van der Waals surface area contributed by atoms with E-state index >= 15 is 0 Å².